The molecule has 1 heterocycles. The van der Waals surface area contributed by atoms with Gasteiger partial charge < -0.3 is 10.1 Å². The minimum absolute atomic E-state index is 0.00964. The van der Waals surface area contributed by atoms with Gasteiger partial charge in [-0.15, -0.1) is 0 Å². The summed E-state index contributed by atoms with van der Waals surface area (Å²) in [5.41, 5.74) is 3.16. The van der Waals surface area contributed by atoms with E-state index in [2.05, 4.69) is 39.4 Å². The van der Waals surface area contributed by atoms with Crippen LogP contribution in [0.4, 0.5) is 5.69 Å². The highest BCUT2D eigenvalue weighted by Gasteiger charge is 2.26. The van der Waals surface area contributed by atoms with Crippen LogP contribution in [-0.2, 0) is 11.3 Å². The molecule has 144 valence electrons. The van der Waals surface area contributed by atoms with E-state index in [1.807, 2.05) is 38.1 Å². The fourth-order valence-electron chi connectivity index (χ4n) is 3.47. The van der Waals surface area contributed by atoms with Crippen LogP contribution in [0.1, 0.15) is 18.1 Å². The van der Waals surface area contributed by atoms with E-state index in [9.17, 15) is 4.79 Å². The summed E-state index contributed by atoms with van der Waals surface area (Å²) in [6, 6.07) is 16.2. The Bertz CT molecular complexity index is 755. The van der Waals surface area contributed by atoms with Gasteiger partial charge in [0.05, 0.1) is 18.8 Å². The summed E-state index contributed by atoms with van der Waals surface area (Å²) in [5, 5.41) is 3.03. The second kappa shape index (κ2) is 9.02. The molecule has 0 bridgehead atoms. The molecule has 1 unspecified atom stereocenters. The molecule has 5 heteroatoms. The third-order valence-electron chi connectivity index (χ3n) is 5.20. The highest BCUT2D eigenvalue weighted by molar-refractivity contribution is 5.96. The number of carbonyl (C=O) groups excluding carboxylic acids is 1. The van der Waals surface area contributed by atoms with Crippen molar-refractivity contribution in [2.75, 3.05) is 38.6 Å². The van der Waals surface area contributed by atoms with E-state index in [1.165, 1.54) is 5.56 Å². The Kier molecular flexibility index (Phi) is 6.48. The first-order valence-electron chi connectivity index (χ1n) is 9.52. The predicted molar refractivity (Wildman–Crippen MR) is 109 cm³/mol. The van der Waals surface area contributed by atoms with Gasteiger partial charge in [-0.25, -0.2) is 0 Å². The molecule has 1 atom stereocenters. The van der Waals surface area contributed by atoms with Crippen LogP contribution in [0.3, 0.4) is 0 Å². The molecule has 3 rings (SSSR count). The molecular formula is C22H29N3O2. The van der Waals surface area contributed by atoms with Gasteiger partial charge in [-0.1, -0.05) is 36.4 Å². The molecule has 1 N–H and O–H groups in total. The highest BCUT2D eigenvalue weighted by Crippen LogP contribution is 2.25. The van der Waals surface area contributed by atoms with Crippen LogP contribution in [0.25, 0.3) is 0 Å². The number of methoxy groups -OCH3 is 1. The summed E-state index contributed by atoms with van der Waals surface area (Å²) < 4.78 is 5.36. The minimum atomic E-state index is -0.172. The number of hydrogen-bond acceptors (Lipinski definition) is 4. The van der Waals surface area contributed by atoms with Crippen molar-refractivity contribution in [2.24, 2.45) is 0 Å². The summed E-state index contributed by atoms with van der Waals surface area (Å²) in [6.07, 6.45) is 0. The Hall–Kier alpha value is -2.37. The molecule has 1 aliphatic rings. The maximum absolute atomic E-state index is 12.7. The summed E-state index contributed by atoms with van der Waals surface area (Å²) in [6.45, 7) is 8.68. The van der Waals surface area contributed by atoms with Gasteiger partial charge in [-0.2, -0.15) is 0 Å². The molecule has 2 aromatic carbocycles. The zero-order chi connectivity index (χ0) is 19.2. The number of nitrogens with zero attached hydrogens (tertiary/aromatic N) is 2. The van der Waals surface area contributed by atoms with Gasteiger partial charge in [0.1, 0.15) is 5.75 Å². The lowest BCUT2D eigenvalue weighted by Crippen LogP contribution is -2.52. The van der Waals surface area contributed by atoms with Gasteiger partial charge in [-0.3, -0.25) is 14.6 Å². The second-order valence-electron chi connectivity index (χ2n) is 7.17. The fourth-order valence-corrected chi connectivity index (χ4v) is 3.47. The first-order valence-corrected chi connectivity index (χ1v) is 9.52. The molecule has 0 aliphatic carbocycles. The standard InChI is InChI=1S/C22H29N3O2/c1-17-9-10-21(27-3)20(15-17)23-22(26)18(2)25-13-11-24(12-14-25)16-19-7-5-4-6-8-19/h4-10,15,18H,11-14,16H2,1-3H3,(H,23,26). The van der Waals surface area contributed by atoms with Crippen molar-refractivity contribution < 1.29 is 9.53 Å². The largest absolute Gasteiger partial charge is 0.495 e. The first-order chi connectivity index (χ1) is 13.1. The molecule has 0 aromatic heterocycles. The SMILES string of the molecule is COc1ccc(C)cc1NC(=O)C(C)N1CCN(Cc2ccccc2)CC1. The third-order valence-corrected chi connectivity index (χ3v) is 5.20. The number of carbonyl (C=O) groups is 1. The monoisotopic (exact) mass is 367 g/mol. The van der Waals surface area contributed by atoms with Crippen LogP contribution >= 0.6 is 0 Å². The normalized spacial score (nSPS) is 16.7. The Balaban J connectivity index is 1.53. The molecule has 1 saturated heterocycles. The molecule has 0 saturated carbocycles. The Morgan fingerprint density at radius 2 is 1.81 bits per heavy atom. The van der Waals surface area contributed by atoms with E-state index < -0.39 is 0 Å². The van der Waals surface area contributed by atoms with Crippen molar-refractivity contribution in [3.8, 4) is 5.75 Å². The van der Waals surface area contributed by atoms with E-state index in [1.54, 1.807) is 7.11 Å². The predicted octanol–water partition coefficient (Wildman–Crippen LogP) is 3.15. The smallest absolute Gasteiger partial charge is 0.241 e. The van der Waals surface area contributed by atoms with Crippen LogP contribution in [0.5, 0.6) is 5.75 Å². The van der Waals surface area contributed by atoms with Crippen molar-refractivity contribution in [3.05, 3.63) is 59.7 Å². The minimum Gasteiger partial charge on any atom is -0.495 e. The van der Waals surface area contributed by atoms with Gasteiger partial charge >= 0.3 is 0 Å². The summed E-state index contributed by atoms with van der Waals surface area (Å²) in [5.74, 6) is 0.698. The van der Waals surface area contributed by atoms with E-state index in [0.717, 1.165) is 44.0 Å². The number of anilines is 1. The third kappa shape index (κ3) is 5.08. The van der Waals surface area contributed by atoms with E-state index in [4.69, 9.17) is 4.74 Å². The lowest BCUT2D eigenvalue weighted by Gasteiger charge is -2.37. The molecule has 27 heavy (non-hydrogen) atoms. The van der Waals surface area contributed by atoms with Crippen LogP contribution in [0.2, 0.25) is 0 Å². The van der Waals surface area contributed by atoms with Crippen LogP contribution in [0.15, 0.2) is 48.5 Å². The number of amides is 1. The van der Waals surface area contributed by atoms with Gasteiger partial charge in [-0.05, 0) is 37.1 Å². The molecule has 0 spiro atoms. The Labute approximate surface area is 161 Å². The molecule has 1 amide bonds. The average molecular weight is 367 g/mol. The first kappa shape index (κ1) is 19.4. The van der Waals surface area contributed by atoms with Crippen LogP contribution in [-0.4, -0.2) is 55.0 Å². The van der Waals surface area contributed by atoms with Crippen LogP contribution < -0.4 is 10.1 Å². The number of rotatable bonds is 6. The molecular weight excluding hydrogens is 338 g/mol. The van der Waals surface area contributed by atoms with E-state index in [-0.39, 0.29) is 11.9 Å². The van der Waals surface area contributed by atoms with Crippen molar-refractivity contribution >= 4 is 11.6 Å². The van der Waals surface area contributed by atoms with Crippen molar-refractivity contribution in [2.45, 2.75) is 26.4 Å². The van der Waals surface area contributed by atoms with Gasteiger partial charge in [0, 0.05) is 32.7 Å². The fraction of sp³-hybridized carbons (Fsp3) is 0.409. The quantitative estimate of drug-likeness (QED) is 0.852. The number of hydrogen-bond donors (Lipinski definition) is 1. The van der Waals surface area contributed by atoms with Crippen molar-refractivity contribution in [3.63, 3.8) is 0 Å². The zero-order valence-electron chi connectivity index (χ0n) is 16.4. The maximum Gasteiger partial charge on any atom is 0.241 e. The molecule has 2 aromatic rings. The van der Waals surface area contributed by atoms with Crippen molar-refractivity contribution in [1.82, 2.24) is 9.80 Å². The summed E-state index contributed by atoms with van der Waals surface area (Å²) in [7, 11) is 1.62. The maximum atomic E-state index is 12.7. The lowest BCUT2D eigenvalue weighted by atomic mass is 10.1. The Morgan fingerprint density at radius 1 is 1.11 bits per heavy atom. The molecule has 1 fully saturated rings. The average Bonchev–Trinajstić information content (AvgIpc) is 2.69. The van der Waals surface area contributed by atoms with E-state index >= 15 is 0 Å². The van der Waals surface area contributed by atoms with Crippen molar-refractivity contribution in [1.29, 1.82) is 0 Å². The van der Waals surface area contributed by atoms with E-state index in [0.29, 0.717) is 5.75 Å². The number of piperazine rings is 1. The number of ether oxygens (including phenoxy) is 1. The molecule has 0 radical (unpaired) electrons. The number of aryl methyl sites for hydroxylation is 1. The topological polar surface area (TPSA) is 44.8 Å². The lowest BCUT2D eigenvalue weighted by molar-refractivity contribution is -0.121. The van der Waals surface area contributed by atoms with Gasteiger partial charge in [0.15, 0.2) is 0 Å². The zero-order valence-corrected chi connectivity index (χ0v) is 16.4. The molecule has 5 nitrogen and oxygen atoms in total. The highest BCUT2D eigenvalue weighted by atomic mass is 16.5. The summed E-state index contributed by atoms with van der Waals surface area (Å²) >= 11 is 0. The second-order valence-corrected chi connectivity index (χ2v) is 7.17. The van der Waals surface area contributed by atoms with Crippen LogP contribution in [0, 0.1) is 6.92 Å². The van der Waals surface area contributed by atoms with Gasteiger partial charge in [0.25, 0.3) is 0 Å². The van der Waals surface area contributed by atoms with Gasteiger partial charge in [0.2, 0.25) is 5.91 Å². The Morgan fingerprint density at radius 3 is 2.48 bits per heavy atom. The number of benzene rings is 2. The number of nitrogens with one attached hydrogen (secondary N) is 1. The summed E-state index contributed by atoms with van der Waals surface area (Å²) in [4.78, 5) is 17.4. The molecule has 1 aliphatic heterocycles.